The monoisotopic (exact) mass is 276 g/mol. The number of nitrogens with one attached hydrogen (secondary N) is 1. The van der Waals surface area contributed by atoms with E-state index in [2.05, 4.69) is 10.4 Å². The highest BCUT2D eigenvalue weighted by Crippen LogP contribution is 2.24. The van der Waals surface area contributed by atoms with Crippen LogP contribution in [-0.4, -0.2) is 22.8 Å². The average molecular weight is 276 g/mol. The van der Waals surface area contributed by atoms with Crippen molar-refractivity contribution < 1.29 is 4.79 Å². The minimum Gasteiger partial charge on any atom is -0.334 e. The summed E-state index contributed by atoms with van der Waals surface area (Å²) in [6.07, 6.45) is 1.52. The molecule has 0 bridgehead atoms. The molecule has 2 aromatic heterocycles. The molecule has 1 amide bonds. The Morgan fingerprint density at radius 3 is 2.79 bits per heavy atom. The molecule has 19 heavy (non-hydrogen) atoms. The Hall–Kier alpha value is -1.92. The SMILES string of the molecule is CC(c1cccs1)N(C)C(=O)c1ccc(NN)nc1. The molecule has 100 valence electrons. The van der Waals surface area contributed by atoms with E-state index in [1.165, 1.54) is 6.20 Å². The fourth-order valence-corrected chi connectivity index (χ4v) is 2.53. The molecule has 0 radical (unpaired) electrons. The summed E-state index contributed by atoms with van der Waals surface area (Å²) in [5.74, 6) is 5.72. The normalized spacial score (nSPS) is 11.9. The Labute approximate surface area is 116 Å². The molecule has 0 aliphatic heterocycles. The smallest absolute Gasteiger partial charge is 0.255 e. The van der Waals surface area contributed by atoms with Gasteiger partial charge in [-0.25, -0.2) is 10.8 Å². The van der Waals surface area contributed by atoms with Crippen LogP contribution in [0.15, 0.2) is 35.8 Å². The van der Waals surface area contributed by atoms with Crippen LogP contribution in [-0.2, 0) is 0 Å². The molecule has 0 aliphatic carbocycles. The number of nitrogens with zero attached hydrogens (tertiary/aromatic N) is 2. The molecule has 0 aliphatic rings. The number of rotatable bonds is 4. The van der Waals surface area contributed by atoms with E-state index in [0.29, 0.717) is 11.4 Å². The number of anilines is 1. The molecule has 6 heteroatoms. The first-order valence-electron chi connectivity index (χ1n) is 5.86. The number of amides is 1. The van der Waals surface area contributed by atoms with E-state index in [9.17, 15) is 4.79 Å². The fourth-order valence-electron chi connectivity index (χ4n) is 1.71. The van der Waals surface area contributed by atoms with Crippen molar-refractivity contribution in [3.8, 4) is 0 Å². The lowest BCUT2D eigenvalue weighted by Gasteiger charge is -2.24. The molecule has 0 saturated carbocycles. The number of pyridine rings is 1. The maximum atomic E-state index is 12.3. The van der Waals surface area contributed by atoms with Gasteiger partial charge in [-0.15, -0.1) is 11.3 Å². The van der Waals surface area contributed by atoms with Crippen molar-refractivity contribution in [1.82, 2.24) is 9.88 Å². The van der Waals surface area contributed by atoms with Gasteiger partial charge >= 0.3 is 0 Å². The summed E-state index contributed by atoms with van der Waals surface area (Å²) < 4.78 is 0. The van der Waals surface area contributed by atoms with Gasteiger partial charge in [-0.05, 0) is 30.5 Å². The highest BCUT2D eigenvalue weighted by molar-refractivity contribution is 7.10. The Kier molecular flexibility index (Phi) is 4.13. The minimum absolute atomic E-state index is 0.0415. The Morgan fingerprint density at radius 2 is 2.26 bits per heavy atom. The molecule has 1 atom stereocenters. The first-order valence-corrected chi connectivity index (χ1v) is 6.74. The second-order valence-corrected chi connectivity index (χ2v) is 5.16. The first-order chi connectivity index (χ1) is 9.13. The van der Waals surface area contributed by atoms with Gasteiger partial charge in [0.15, 0.2) is 0 Å². The summed E-state index contributed by atoms with van der Waals surface area (Å²) >= 11 is 1.64. The van der Waals surface area contributed by atoms with Gasteiger partial charge in [0.1, 0.15) is 5.82 Å². The third-order valence-electron chi connectivity index (χ3n) is 3.01. The van der Waals surface area contributed by atoms with Crippen LogP contribution >= 0.6 is 11.3 Å². The Balaban J connectivity index is 2.14. The molecule has 0 aromatic carbocycles. The number of carbonyl (C=O) groups is 1. The van der Waals surface area contributed by atoms with E-state index < -0.39 is 0 Å². The van der Waals surface area contributed by atoms with Crippen molar-refractivity contribution >= 4 is 23.1 Å². The largest absolute Gasteiger partial charge is 0.334 e. The second kappa shape index (κ2) is 5.81. The van der Waals surface area contributed by atoms with Gasteiger partial charge < -0.3 is 10.3 Å². The van der Waals surface area contributed by atoms with E-state index in [-0.39, 0.29) is 11.9 Å². The third-order valence-corrected chi connectivity index (χ3v) is 4.06. The Morgan fingerprint density at radius 1 is 1.47 bits per heavy atom. The molecule has 0 fully saturated rings. The summed E-state index contributed by atoms with van der Waals surface area (Å²) in [5, 5.41) is 2.01. The average Bonchev–Trinajstić information content (AvgIpc) is 2.99. The third kappa shape index (κ3) is 2.91. The van der Waals surface area contributed by atoms with Crippen molar-refractivity contribution in [3.63, 3.8) is 0 Å². The molecule has 1 unspecified atom stereocenters. The van der Waals surface area contributed by atoms with Gasteiger partial charge in [0.25, 0.3) is 5.91 Å². The van der Waals surface area contributed by atoms with E-state index in [1.54, 1.807) is 35.4 Å². The predicted octanol–water partition coefficient (Wildman–Crippen LogP) is 2.26. The van der Waals surface area contributed by atoms with Gasteiger partial charge in [0.05, 0.1) is 11.6 Å². The van der Waals surface area contributed by atoms with E-state index in [4.69, 9.17) is 5.84 Å². The van der Waals surface area contributed by atoms with Crippen molar-refractivity contribution in [2.24, 2.45) is 5.84 Å². The molecular formula is C13H16N4OS. The fraction of sp³-hybridized carbons (Fsp3) is 0.231. The molecule has 5 nitrogen and oxygen atoms in total. The van der Waals surface area contributed by atoms with Crippen LogP contribution in [0, 0.1) is 0 Å². The number of hydrogen-bond acceptors (Lipinski definition) is 5. The molecule has 2 aromatic rings. The number of hydrazine groups is 1. The van der Waals surface area contributed by atoms with Crippen molar-refractivity contribution in [3.05, 3.63) is 46.3 Å². The van der Waals surface area contributed by atoms with Crippen molar-refractivity contribution in [1.29, 1.82) is 0 Å². The van der Waals surface area contributed by atoms with Crippen LogP contribution in [0.3, 0.4) is 0 Å². The van der Waals surface area contributed by atoms with Gasteiger partial charge in [0.2, 0.25) is 0 Å². The number of nitrogens with two attached hydrogens (primary N) is 1. The lowest BCUT2D eigenvalue weighted by atomic mass is 10.2. The van der Waals surface area contributed by atoms with Crippen LogP contribution in [0.1, 0.15) is 28.2 Å². The summed E-state index contributed by atoms with van der Waals surface area (Å²) in [7, 11) is 1.79. The number of hydrogen-bond donors (Lipinski definition) is 2. The van der Waals surface area contributed by atoms with E-state index in [1.807, 2.05) is 24.4 Å². The quantitative estimate of drug-likeness (QED) is 0.664. The van der Waals surface area contributed by atoms with Gasteiger partial charge in [-0.2, -0.15) is 0 Å². The van der Waals surface area contributed by atoms with Crippen LogP contribution < -0.4 is 11.3 Å². The van der Waals surface area contributed by atoms with Crippen molar-refractivity contribution in [2.45, 2.75) is 13.0 Å². The highest BCUT2D eigenvalue weighted by Gasteiger charge is 2.19. The molecule has 2 rings (SSSR count). The van der Waals surface area contributed by atoms with E-state index >= 15 is 0 Å². The predicted molar refractivity (Wildman–Crippen MR) is 76.9 cm³/mol. The zero-order chi connectivity index (χ0) is 13.8. The van der Waals surface area contributed by atoms with Gasteiger partial charge in [-0.1, -0.05) is 6.07 Å². The van der Waals surface area contributed by atoms with Crippen LogP contribution in [0.5, 0.6) is 0 Å². The summed E-state index contributed by atoms with van der Waals surface area (Å²) in [5.41, 5.74) is 2.98. The van der Waals surface area contributed by atoms with E-state index in [0.717, 1.165) is 4.88 Å². The lowest BCUT2D eigenvalue weighted by Crippen LogP contribution is -2.29. The first kappa shape index (κ1) is 13.5. The zero-order valence-corrected chi connectivity index (χ0v) is 11.6. The zero-order valence-electron chi connectivity index (χ0n) is 10.8. The minimum atomic E-state index is -0.0584. The highest BCUT2D eigenvalue weighted by atomic mass is 32.1. The molecule has 2 heterocycles. The topological polar surface area (TPSA) is 71.2 Å². The van der Waals surface area contributed by atoms with Crippen LogP contribution in [0.25, 0.3) is 0 Å². The summed E-state index contributed by atoms with van der Waals surface area (Å²) in [4.78, 5) is 19.2. The number of nitrogen functional groups attached to an aromatic ring is 1. The van der Waals surface area contributed by atoms with Crippen molar-refractivity contribution in [2.75, 3.05) is 12.5 Å². The van der Waals surface area contributed by atoms with Gasteiger partial charge in [-0.3, -0.25) is 4.79 Å². The van der Waals surface area contributed by atoms with Crippen LogP contribution in [0.2, 0.25) is 0 Å². The maximum absolute atomic E-state index is 12.3. The van der Waals surface area contributed by atoms with Gasteiger partial charge in [0, 0.05) is 18.1 Å². The van der Waals surface area contributed by atoms with Crippen LogP contribution in [0.4, 0.5) is 5.82 Å². The Bertz CT molecular complexity index is 538. The molecule has 0 saturated heterocycles. The number of thiophene rings is 1. The summed E-state index contributed by atoms with van der Waals surface area (Å²) in [6.45, 7) is 2.01. The number of aromatic nitrogens is 1. The molecule has 3 N–H and O–H groups in total. The molecular weight excluding hydrogens is 260 g/mol. The lowest BCUT2D eigenvalue weighted by molar-refractivity contribution is 0.0744. The summed E-state index contributed by atoms with van der Waals surface area (Å²) in [6, 6.07) is 7.44. The second-order valence-electron chi connectivity index (χ2n) is 4.18. The standard InChI is InChI=1S/C13H16N4OS/c1-9(11-4-3-7-19-11)17(2)13(18)10-5-6-12(16-14)15-8-10/h3-9H,14H2,1-2H3,(H,15,16). The number of carbonyl (C=O) groups excluding carboxylic acids is 1. The maximum Gasteiger partial charge on any atom is 0.255 e. The molecule has 0 spiro atoms.